The molecule has 0 aliphatic rings. The van der Waals surface area contributed by atoms with Gasteiger partial charge in [-0.1, -0.05) is 36.8 Å². The minimum Gasteiger partial charge on any atom is -0.366 e. The van der Waals surface area contributed by atoms with Crippen molar-refractivity contribution in [2.24, 2.45) is 5.73 Å². The molecule has 0 fully saturated rings. The Morgan fingerprint density at radius 1 is 1.56 bits per heavy atom. The summed E-state index contributed by atoms with van der Waals surface area (Å²) in [4.78, 5) is 11.3. The largest absolute Gasteiger partial charge is 0.366 e. The zero-order chi connectivity index (χ0) is 12.2. The SMILES string of the molecule is CCC(=O)N[C@](O)(CN)c1cccc(C)c1. The van der Waals surface area contributed by atoms with Gasteiger partial charge in [0.15, 0.2) is 5.72 Å². The molecule has 0 bridgehead atoms. The second-order valence-electron chi connectivity index (χ2n) is 3.84. The Morgan fingerprint density at radius 3 is 2.75 bits per heavy atom. The van der Waals surface area contributed by atoms with Gasteiger partial charge in [-0.3, -0.25) is 4.79 Å². The van der Waals surface area contributed by atoms with Crippen LogP contribution in [0.25, 0.3) is 0 Å². The van der Waals surface area contributed by atoms with Crippen LogP contribution in [0.4, 0.5) is 0 Å². The number of hydrogen-bond donors (Lipinski definition) is 3. The number of nitrogens with one attached hydrogen (secondary N) is 1. The fourth-order valence-electron chi connectivity index (χ4n) is 1.46. The minimum absolute atomic E-state index is 0.0534. The molecule has 0 heterocycles. The fourth-order valence-corrected chi connectivity index (χ4v) is 1.46. The zero-order valence-electron chi connectivity index (χ0n) is 9.66. The monoisotopic (exact) mass is 222 g/mol. The van der Waals surface area contributed by atoms with E-state index in [0.29, 0.717) is 12.0 Å². The van der Waals surface area contributed by atoms with Gasteiger partial charge in [0.25, 0.3) is 0 Å². The molecule has 0 unspecified atom stereocenters. The molecule has 16 heavy (non-hydrogen) atoms. The van der Waals surface area contributed by atoms with E-state index in [-0.39, 0.29) is 12.5 Å². The second kappa shape index (κ2) is 5.09. The van der Waals surface area contributed by atoms with Gasteiger partial charge in [-0.05, 0) is 6.92 Å². The maximum absolute atomic E-state index is 11.3. The summed E-state index contributed by atoms with van der Waals surface area (Å²) in [6, 6.07) is 7.30. The van der Waals surface area contributed by atoms with Gasteiger partial charge < -0.3 is 16.2 Å². The van der Waals surface area contributed by atoms with Crippen LogP contribution in [-0.4, -0.2) is 17.6 Å². The van der Waals surface area contributed by atoms with Crippen molar-refractivity contribution in [3.05, 3.63) is 35.4 Å². The summed E-state index contributed by atoms with van der Waals surface area (Å²) in [5.74, 6) is -0.227. The van der Waals surface area contributed by atoms with Crippen LogP contribution in [0.3, 0.4) is 0 Å². The molecule has 0 saturated heterocycles. The first-order chi connectivity index (χ1) is 7.51. The molecule has 1 aromatic rings. The van der Waals surface area contributed by atoms with Gasteiger partial charge in [0.05, 0.1) is 0 Å². The van der Waals surface area contributed by atoms with Crippen LogP contribution in [0.2, 0.25) is 0 Å². The molecular weight excluding hydrogens is 204 g/mol. The van der Waals surface area contributed by atoms with Crippen molar-refractivity contribution in [3.8, 4) is 0 Å². The molecule has 4 heteroatoms. The summed E-state index contributed by atoms with van der Waals surface area (Å²) in [5.41, 5.74) is 5.67. The fraction of sp³-hybridized carbons (Fsp3) is 0.417. The lowest BCUT2D eigenvalue weighted by Crippen LogP contribution is -2.50. The van der Waals surface area contributed by atoms with Crippen molar-refractivity contribution in [2.75, 3.05) is 6.54 Å². The lowest BCUT2D eigenvalue weighted by molar-refractivity contribution is -0.128. The predicted molar refractivity (Wildman–Crippen MR) is 62.6 cm³/mol. The number of hydrogen-bond acceptors (Lipinski definition) is 3. The highest BCUT2D eigenvalue weighted by atomic mass is 16.3. The highest BCUT2D eigenvalue weighted by molar-refractivity contribution is 5.76. The van der Waals surface area contributed by atoms with E-state index < -0.39 is 5.72 Å². The molecule has 0 spiro atoms. The molecule has 0 aliphatic heterocycles. The highest BCUT2D eigenvalue weighted by Crippen LogP contribution is 2.18. The number of nitrogens with two attached hydrogens (primary N) is 1. The third kappa shape index (κ3) is 2.81. The number of benzene rings is 1. The van der Waals surface area contributed by atoms with Crippen molar-refractivity contribution in [1.29, 1.82) is 0 Å². The van der Waals surface area contributed by atoms with Gasteiger partial charge in [-0.2, -0.15) is 0 Å². The first kappa shape index (κ1) is 12.7. The number of amides is 1. The van der Waals surface area contributed by atoms with E-state index in [0.717, 1.165) is 5.56 Å². The molecule has 1 aromatic carbocycles. The molecule has 1 rings (SSSR count). The smallest absolute Gasteiger partial charge is 0.222 e. The molecule has 88 valence electrons. The molecule has 1 amide bonds. The Balaban J connectivity index is 2.99. The van der Waals surface area contributed by atoms with E-state index in [1.807, 2.05) is 25.1 Å². The highest BCUT2D eigenvalue weighted by Gasteiger charge is 2.28. The van der Waals surface area contributed by atoms with Crippen LogP contribution < -0.4 is 11.1 Å². The molecule has 4 nitrogen and oxygen atoms in total. The number of rotatable bonds is 4. The predicted octanol–water partition coefficient (Wildman–Crippen LogP) is 0.625. The third-order valence-corrected chi connectivity index (χ3v) is 2.46. The average molecular weight is 222 g/mol. The lowest BCUT2D eigenvalue weighted by atomic mass is 10.0. The van der Waals surface area contributed by atoms with Crippen molar-refractivity contribution in [2.45, 2.75) is 26.0 Å². The van der Waals surface area contributed by atoms with E-state index in [9.17, 15) is 9.90 Å². The molecular formula is C12H18N2O2. The Kier molecular flexibility index (Phi) is 4.04. The van der Waals surface area contributed by atoms with Gasteiger partial charge in [0, 0.05) is 18.5 Å². The topological polar surface area (TPSA) is 75.3 Å². The molecule has 1 atom stereocenters. The minimum atomic E-state index is -1.47. The van der Waals surface area contributed by atoms with Gasteiger partial charge in [0.1, 0.15) is 0 Å². The number of aliphatic hydroxyl groups is 1. The second-order valence-corrected chi connectivity index (χ2v) is 3.84. The summed E-state index contributed by atoms with van der Waals surface area (Å²) < 4.78 is 0. The van der Waals surface area contributed by atoms with Crippen molar-refractivity contribution in [1.82, 2.24) is 5.32 Å². The quantitative estimate of drug-likeness (QED) is 0.654. The van der Waals surface area contributed by atoms with Crippen LogP contribution in [0.1, 0.15) is 24.5 Å². The summed E-state index contributed by atoms with van der Waals surface area (Å²) in [6.45, 7) is 3.59. The first-order valence-corrected chi connectivity index (χ1v) is 5.32. The van der Waals surface area contributed by atoms with Crippen LogP contribution >= 0.6 is 0 Å². The van der Waals surface area contributed by atoms with Crippen molar-refractivity contribution in [3.63, 3.8) is 0 Å². The van der Waals surface area contributed by atoms with Gasteiger partial charge >= 0.3 is 0 Å². The zero-order valence-corrected chi connectivity index (χ0v) is 9.66. The van der Waals surface area contributed by atoms with Gasteiger partial charge in [0.2, 0.25) is 5.91 Å². The number of aryl methyl sites for hydroxylation is 1. The van der Waals surface area contributed by atoms with Crippen LogP contribution in [0, 0.1) is 6.92 Å². The maximum atomic E-state index is 11.3. The Hall–Kier alpha value is -1.39. The first-order valence-electron chi connectivity index (χ1n) is 5.32. The maximum Gasteiger partial charge on any atom is 0.222 e. The summed E-state index contributed by atoms with van der Waals surface area (Å²) in [7, 11) is 0. The van der Waals surface area contributed by atoms with Crippen LogP contribution in [0.15, 0.2) is 24.3 Å². The Morgan fingerprint density at radius 2 is 2.25 bits per heavy atom. The normalized spacial score (nSPS) is 14.2. The molecule has 0 radical (unpaired) electrons. The Bertz CT molecular complexity index is 379. The summed E-state index contributed by atoms with van der Waals surface area (Å²) in [6.07, 6.45) is 0.314. The van der Waals surface area contributed by atoms with Crippen molar-refractivity contribution >= 4 is 5.91 Å². The van der Waals surface area contributed by atoms with E-state index in [1.165, 1.54) is 0 Å². The standard InChI is InChI=1S/C12H18N2O2/c1-3-11(15)14-12(16,8-13)10-6-4-5-9(2)7-10/h4-7,16H,3,8,13H2,1-2H3,(H,14,15)/t12-/m0/s1. The van der Waals surface area contributed by atoms with E-state index >= 15 is 0 Å². The molecule has 0 aliphatic carbocycles. The van der Waals surface area contributed by atoms with Gasteiger partial charge in [-0.25, -0.2) is 0 Å². The summed E-state index contributed by atoms with van der Waals surface area (Å²) >= 11 is 0. The average Bonchev–Trinajstić information content (AvgIpc) is 2.28. The number of carbonyl (C=O) groups excluding carboxylic acids is 1. The third-order valence-electron chi connectivity index (χ3n) is 2.46. The Labute approximate surface area is 95.5 Å². The van der Waals surface area contributed by atoms with E-state index in [2.05, 4.69) is 5.32 Å². The molecule has 4 N–H and O–H groups in total. The summed E-state index contributed by atoms with van der Waals surface area (Å²) in [5, 5.41) is 12.8. The molecule has 0 aromatic heterocycles. The van der Waals surface area contributed by atoms with Crippen LogP contribution in [-0.2, 0) is 10.5 Å². The van der Waals surface area contributed by atoms with Crippen molar-refractivity contribution < 1.29 is 9.90 Å². The van der Waals surface area contributed by atoms with E-state index in [1.54, 1.807) is 13.0 Å². The molecule has 0 saturated carbocycles. The van der Waals surface area contributed by atoms with E-state index in [4.69, 9.17) is 5.73 Å². The van der Waals surface area contributed by atoms with Crippen LogP contribution in [0.5, 0.6) is 0 Å². The number of carbonyl (C=O) groups is 1. The lowest BCUT2D eigenvalue weighted by Gasteiger charge is -2.28. The van der Waals surface area contributed by atoms with Gasteiger partial charge in [-0.15, -0.1) is 0 Å².